The van der Waals surface area contributed by atoms with Crippen molar-refractivity contribution in [2.45, 2.75) is 63.9 Å². The third kappa shape index (κ3) is 4.78. The second-order valence-electron chi connectivity index (χ2n) is 10.2. The highest BCUT2D eigenvalue weighted by Gasteiger charge is 2.41. The lowest BCUT2D eigenvalue weighted by atomic mass is 9.73. The first-order valence-corrected chi connectivity index (χ1v) is 11.4. The van der Waals surface area contributed by atoms with Crippen LogP contribution in [0.1, 0.15) is 56.7 Å². The first kappa shape index (κ1) is 21.1. The first-order chi connectivity index (χ1) is 14.3. The second kappa shape index (κ2) is 8.55. The van der Waals surface area contributed by atoms with E-state index in [0.717, 1.165) is 26.1 Å². The molecule has 1 fully saturated rings. The predicted octanol–water partition coefficient (Wildman–Crippen LogP) is 5.17. The van der Waals surface area contributed by atoms with Crippen molar-refractivity contribution in [3.05, 3.63) is 71.3 Å². The quantitative estimate of drug-likeness (QED) is 0.643. The molecule has 30 heavy (non-hydrogen) atoms. The molecule has 0 radical (unpaired) electrons. The van der Waals surface area contributed by atoms with Crippen molar-refractivity contribution >= 4 is 5.97 Å². The van der Waals surface area contributed by atoms with E-state index in [1.807, 2.05) is 39.0 Å². The highest BCUT2D eigenvalue weighted by atomic mass is 16.6. The number of hydrogen-bond acceptors (Lipinski definition) is 3. The van der Waals surface area contributed by atoms with Gasteiger partial charge in [-0.05, 0) is 88.1 Å². The molecule has 0 aromatic heterocycles. The lowest BCUT2D eigenvalue weighted by molar-refractivity contribution is -0.160. The van der Waals surface area contributed by atoms with Crippen molar-refractivity contribution in [2.24, 2.45) is 5.92 Å². The summed E-state index contributed by atoms with van der Waals surface area (Å²) in [5.74, 6) is -0.200. The molecule has 1 heterocycles. The van der Waals surface area contributed by atoms with Crippen molar-refractivity contribution in [1.29, 1.82) is 0 Å². The predicted molar refractivity (Wildman–Crippen MR) is 122 cm³/mol. The van der Waals surface area contributed by atoms with Crippen LogP contribution in [-0.4, -0.2) is 36.1 Å². The Kier molecular flexibility index (Phi) is 6.02. The summed E-state index contributed by atoms with van der Waals surface area (Å²) in [5, 5.41) is 0. The molecule has 4 rings (SSSR count). The highest BCUT2D eigenvalue weighted by molar-refractivity contribution is 5.73. The summed E-state index contributed by atoms with van der Waals surface area (Å²) in [6.07, 6.45) is 5.61. The molecular formula is C27H35NO2. The smallest absolute Gasteiger partial charge is 0.311 e. The van der Waals surface area contributed by atoms with E-state index in [-0.39, 0.29) is 11.9 Å². The standard InChI is InChI=1S/C27H35NO2/c1-26(2,3)30-25(29)23(19-21-9-5-4-6-10-21)20-28-17-15-27(16-18-28)14-13-22-11-7-8-12-24(22)27/h4-12,23H,13-20H2,1-3H3. The molecule has 0 amide bonds. The maximum absolute atomic E-state index is 13.0. The lowest BCUT2D eigenvalue weighted by Gasteiger charge is -2.41. The van der Waals surface area contributed by atoms with E-state index in [4.69, 9.17) is 4.74 Å². The Hall–Kier alpha value is -2.13. The fraction of sp³-hybridized carbons (Fsp3) is 0.519. The number of nitrogens with zero attached hydrogens (tertiary/aromatic N) is 1. The zero-order valence-corrected chi connectivity index (χ0v) is 18.7. The largest absolute Gasteiger partial charge is 0.460 e. The van der Waals surface area contributed by atoms with Gasteiger partial charge in [0.1, 0.15) is 5.60 Å². The van der Waals surface area contributed by atoms with Crippen LogP contribution in [0.4, 0.5) is 0 Å². The molecule has 3 heteroatoms. The van der Waals surface area contributed by atoms with Gasteiger partial charge in [0.25, 0.3) is 0 Å². The molecule has 1 spiro atoms. The summed E-state index contributed by atoms with van der Waals surface area (Å²) >= 11 is 0. The number of ether oxygens (including phenoxy) is 1. The van der Waals surface area contributed by atoms with Crippen molar-refractivity contribution in [2.75, 3.05) is 19.6 Å². The minimum absolute atomic E-state index is 0.0714. The summed E-state index contributed by atoms with van der Waals surface area (Å²) in [5.41, 5.74) is 4.23. The van der Waals surface area contributed by atoms with E-state index >= 15 is 0 Å². The molecule has 0 saturated carbocycles. The summed E-state index contributed by atoms with van der Waals surface area (Å²) in [7, 11) is 0. The average molecular weight is 406 g/mol. The van der Waals surface area contributed by atoms with Crippen LogP contribution >= 0.6 is 0 Å². The van der Waals surface area contributed by atoms with Gasteiger partial charge in [0, 0.05) is 6.54 Å². The number of fused-ring (bicyclic) bond motifs is 2. The maximum Gasteiger partial charge on any atom is 0.311 e. The number of carbonyl (C=O) groups is 1. The Bertz CT molecular complexity index is 860. The van der Waals surface area contributed by atoms with Crippen LogP contribution in [0.5, 0.6) is 0 Å². The number of rotatable bonds is 5. The number of piperidine rings is 1. The number of carbonyl (C=O) groups excluding carboxylic acids is 1. The van der Waals surface area contributed by atoms with E-state index in [1.165, 1.54) is 31.2 Å². The van der Waals surface area contributed by atoms with Gasteiger partial charge in [-0.1, -0.05) is 54.6 Å². The van der Waals surface area contributed by atoms with Gasteiger partial charge in [-0.15, -0.1) is 0 Å². The van der Waals surface area contributed by atoms with Crippen molar-refractivity contribution in [1.82, 2.24) is 4.90 Å². The summed E-state index contributed by atoms with van der Waals surface area (Å²) < 4.78 is 5.79. The molecule has 1 aliphatic heterocycles. The Morgan fingerprint density at radius 1 is 1.00 bits per heavy atom. The van der Waals surface area contributed by atoms with E-state index in [9.17, 15) is 4.79 Å². The van der Waals surface area contributed by atoms with Gasteiger partial charge in [0.15, 0.2) is 0 Å². The van der Waals surface area contributed by atoms with Crippen LogP contribution in [0.25, 0.3) is 0 Å². The first-order valence-electron chi connectivity index (χ1n) is 11.4. The maximum atomic E-state index is 13.0. The van der Waals surface area contributed by atoms with E-state index < -0.39 is 5.60 Å². The van der Waals surface area contributed by atoms with Gasteiger partial charge in [-0.25, -0.2) is 0 Å². The van der Waals surface area contributed by atoms with E-state index in [2.05, 4.69) is 41.3 Å². The SMILES string of the molecule is CC(C)(C)OC(=O)C(Cc1ccccc1)CN1CCC2(CCc3ccccc32)CC1. The third-order valence-corrected chi connectivity index (χ3v) is 6.82. The van der Waals surface area contributed by atoms with Gasteiger partial charge in [-0.2, -0.15) is 0 Å². The molecule has 0 bridgehead atoms. The minimum Gasteiger partial charge on any atom is -0.460 e. The molecule has 2 aromatic carbocycles. The Balaban J connectivity index is 1.43. The molecule has 1 unspecified atom stereocenters. The molecule has 1 atom stereocenters. The number of aryl methyl sites for hydroxylation is 1. The topological polar surface area (TPSA) is 29.5 Å². The van der Waals surface area contributed by atoms with Gasteiger partial charge in [-0.3, -0.25) is 4.79 Å². The normalized spacial score (nSPS) is 19.4. The summed E-state index contributed by atoms with van der Waals surface area (Å²) in [6, 6.07) is 19.3. The second-order valence-corrected chi connectivity index (χ2v) is 10.2. The summed E-state index contributed by atoms with van der Waals surface area (Å²) in [6.45, 7) is 8.75. The molecular weight excluding hydrogens is 370 g/mol. The molecule has 2 aliphatic rings. The lowest BCUT2D eigenvalue weighted by Crippen LogP contribution is -2.45. The average Bonchev–Trinajstić information content (AvgIpc) is 3.07. The fourth-order valence-electron chi connectivity index (χ4n) is 5.27. The molecule has 160 valence electrons. The van der Waals surface area contributed by atoms with Crippen LogP contribution < -0.4 is 0 Å². The van der Waals surface area contributed by atoms with Crippen LogP contribution in [0.15, 0.2) is 54.6 Å². The van der Waals surface area contributed by atoms with Crippen LogP contribution in [0, 0.1) is 5.92 Å². The molecule has 3 nitrogen and oxygen atoms in total. The van der Waals surface area contributed by atoms with Crippen LogP contribution in [0.2, 0.25) is 0 Å². The Morgan fingerprint density at radius 3 is 2.37 bits per heavy atom. The number of benzene rings is 2. The zero-order chi connectivity index (χ0) is 21.2. The van der Waals surface area contributed by atoms with Crippen molar-refractivity contribution < 1.29 is 9.53 Å². The Morgan fingerprint density at radius 2 is 1.67 bits per heavy atom. The number of likely N-dealkylation sites (tertiary alicyclic amines) is 1. The number of esters is 1. The molecule has 0 N–H and O–H groups in total. The molecule has 2 aromatic rings. The van der Waals surface area contributed by atoms with E-state index in [0.29, 0.717) is 5.41 Å². The minimum atomic E-state index is -0.453. The van der Waals surface area contributed by atoms with Crippen molar-refractivity contribution in [3.8, 4) is 0 Å². The third-order valence-electron chi connectivity index (χ3n) is 6.82. The van der Waals surface area contributed by atoms with Gasteiger partial charge < -0.3 is 9.64 Å². The molecule has 1 aliphatic carbocycles. The zero-order valence-electron chi connectivity index (χ0n) is 18.7. The fourth-order valence-corrected chi connectivity index (χ4v) is 5.27. The van der Waals surface area contributed by atoms with E-state index in [1.54, 1.807) is 11.1 Å². The highest BCUT2D eigenvalue weighted by Crippen LogP contribution is 2.46. The van der Waals surface area contributed by atoms with Crippen LogP contribution in [0.3, 0.4) is 0 Å². The van der Waals surface area contributed by atoms with Crippen LogP contribution in [-0.2, 0) is 27.8 Å². The monoisotopic (exact) mass is 405 g/mol. The van der Waals surface area contributed by atoms with Gasteiger partial charge in [0.05, 0.1) is 5.92 Å². The number of hydrogen-bond donors (Lipinski definition) is 0. The summed E-state index contributed by atoms with van der Waals surface area (Å²) in [4.78, 5) is 15.5. The van der Waals surface area contributed by atoms with Gasteiger partial charge in [0.2, 0.25) is 0 Å². The van der Waals surface area contributed by atoms with Gasteiger partial charge >= 0.3 is 5.97 Å². The molecule has 1 saturated heterocycles. The van der Waals surface area contributed by atoms with Crippen molar-refractivity contribution in [3.63, 3.8) is 0 Å². The Labute approximate surface area is 181 Å².